The molecule has 2 amide bonds. The van der Waals surface area contributed by atoms with Crippen LogP contribution in [0.2, 0.25) is 0 Å². The highest BCUT2D eigenvalue weighted by molar-refractivity contribution is 5.99. The summed E-state index contributed by atoms with van der Waals surface area (Å²) in [5.74, 6) is 0.517. The Morgan fingerprint density at radius 2 is 1.81 bits per heavy atom. The van der Waals surface area contributed by atoms with Gasteiger partial charge >= 0.3 is 6.03 Å². The number of aromatic nitrogens is 2. The van der Waals surface area contributed by atoms with Crippen LogP contribution in [0.4, 0.5) is 26.6 Å². The van der Waals surface area contributed by atoms with Gasteiger partial charge in [-0.1, -0.05) is 17.3 Å². The normalized spacial score (nSPS) is 11.2. The minimum absolute atomic E-state index is 0.0628. The predicted molar refractivity (Wildman–Crippen MR) is 97.4 cm³/mol. The van der Waals surface area contributed by atoms with E-state index < -0.39 is 11.7 Å². The first kappa shape index (κ1) is 17.4. The molecule has 4 N–H and O–H groups in total. The zero-order chi connectivity index (χ0) is 18.7. The summed E-state index contributed by atoms with van der Waals surface area (Å²) in [6, 6.07) is 11.6. The predicted octanol–water partition coefficient (Wildman–Crippen LogP) is 4.17. The van der Waals surface area contributed by atoms with Crippen molar-refractivity contribution in [1.29, 1.82) is 0 Å². The van der Waals surface area contributed by atoms with Crippen molar-refractivity contribution in [2.75, 3.05) is 16.4 Å². The Labute approximate surface area is 149 Å². The van der Waals surface area contributed by atoms with Crippen LogP contribution < -0.4 is 16.4 Å². The number of hydrogen-bond donors (Lipinski definition) is 3. The van der Waals surface area contributed by atoms with E-state index in [9.17, 15) is 9.18 Å². The van der Waals surface area contributed by atoms with Gasteiger partial charge in [0.05, 0.1) is 0 Å². The molecule has 134 valence electrons. The molecule has 0 fully saturated rings. The fourth-order valence-corrected chi connectivity index (χ4v) is 2.21. The SMILES string of the molecule is CC(C)(F)c1cc(NC(=O)Nc2ccc(-c3ccc(N)nc3)cc2)on1. The number of amides is 2. The second-order valence-corrected chi connectivity index (χ2v) is 6.18. The quantitative estimate of drug-likeness (QED) is 0.651. The van der Waals surface area contributed by atoms with Gasteiger partial charge in [-0.3, -0.25) is 5.32 Å². The number of benzene rings is 1. The molecule has 3 rings (SSSR count). The highest BCUT2D eigenvalue weighted by Gasteiger charge is 2.24. The number of alkyl halides is 1. The summed E-state index contributed by atoms with van der Waals surface area (Å²) in [7, 11) is 0. The average molecular weight is 355 g/mol. The zero-order valence-corrected chi connectivity index (χ0v) is 14.3. The number of nitrogens with two attached hydrogens (primary N) is 1. The van der Waals surface area contributed by atoms with Crippen LogP contribution in [0.25, 0.3) is 11.1 Å². The summed E-state index contributed by atoms with van der Waals surface area (Å²) in [5, 5.41) is 8.72. The molecule has 3 aromatic rings. The van der Waals surface area contributed by atoms with Crippen LogP contribution in [-0.4, -0.2) is 16.2 Å². The van der Waals surface area contributed by atoms with Crippen molar-refractivity contribution in [3.05, 3.63) is 54.4 Å². The lowest BCUT2D eigenvalue weighted by Crippen LogP contribution is -2.19. The molecule has 0 aliphatic rings. The summed E-state index contributed by atoms with van der Waals surface area (Å²) in [5.41, 5.74) is 6.47. The Morgan fingerprint density at radius 1 is 1.12 bits per heavy atom. The van der Waals surface area contributed by atoms with Crippen molar-refractivity contribution in [2.45, 2.75) is 19.5 Å². The molecule has 0 aliphatic heterocycles. The maximum atomic E-state index is 13.8. The Bertz CT molecular complexity index is 899. The van der Waals surface area contributed by atoms with Crippen LogP contribution >= 0.6 is 0 Å². The first-order chi connectivity index (χ1) is 12.3. The highest BCUT2D eigenvalue weighted by atomic mass is 19.1. The lowest BCUT2D eigenvalue weighted by atomic mass is 10.1. The van der Waals surface area contributed by atoms with Gasteiger partial charge in [0.1, 0.15) is 11.5 Å². The largest absolute Gasteiger partial charge is 0.384 e. The summed E-state index contributed by atoms with van der Waals surface area (Å²) >= 11 is 0. The molecule has 0 spiro atoms. The molecular formula is C18H18FN5O2. The lowest BCUT2D eigenvalue weighted by molar-refractivity contribution is 0.205. The molecular weight excluding hydrogens is 337 g/mol. The Morgan fingerprint density at radius 3 is 2.38 bits per heavy atom. The number of rotatable bonds is 4. The minimum Gasteiger partial charge on any atom is -0.384 e. The molecule has 0 saturated carbocycles. The third-order valence-corrected chi connectivity index (χ3v) is 3.62. The second kappa shape index (κ2) is 6.83. The maximum absolute atomic E-state index is 13.8. The van der Waals surface area contributed by atoms with Crippen LogP contribution in [0.1, 0.15) is 19.5 Å². The van der Waals surface area contributed by atoms with Gasteiger partial charge in [0.15, 0.2) is 5.67 Å². The molecule has 1 aromatic carbocycles. The van der Waals surface area contributed by atoms with Crippen LogP contribution in [0.15, 0.2) is 53.2 Å². The molecule has 7 nitrogen and oxygen atoms in total. The van der Waals surface area contributed by atoms with E-state index in [1.165, 1.54) is 19.9 Å². The van der Waals surface area contributed by atoms with Crippen molar-refractivity contribution in [2.24, 2.45) is 0 Å². The van der Waals surface area contributed by atoms with E-state index in [1.807, 2.05) is 18.2 Å². The molecule has 2 heterocycles. The monoisotopic (exact) mass is 355 g/mol. The third kappa shape index (κ3) is 4.15. The van der Waals surface area contributed by atoms with E-state index in [1.54, 1.807) is 24.4 Å². The number of anilines is 3. The number of carbonyl (C=O) groups is 1. The summed E-state index contributed by atoms with van der Waals surface area (Å²) in [6.45, 7) is 2.71. The Hall–Kier alpha value is -3.42. The first-order valence-electron chi connectivity index (χ1n) is 7.87. The molecule has 8 heteroatoms. The van der Waals surface area contributed by atoms with Crippen molar-refractivity contribution in [1.82, 2.24) is 10.1 Å². The molecule has 26 heavy (non-hydrogen) atoms. The number of nitrogens with zero attached hydrogens (tertiary/aromatic N) is 2. The van der Waals surface area contributed by atoms with E-state index in [0.29, 0.717) is 11.5 Å². The van der Waals surface area contributed by atoms with Gasteiger partial charge in [0.25, 0.3) is 0 Å². The van der Waals surface area contributed by atoms with Crippen molar-refractivity contribution in [3.63, 3.8) is 0 Å². The fourth-order valence-electron chi connectivity index (χ4n) is 2.21. The van der Waals surface area contributed by atoms with Crippen molar-refractivity contribution in [3.8, 4) is 11.1 Å². The van der Waals surface area contributed by atoms with Gasteiger partial charge in [-0.15, -0.1) is 0 Å². The molecule has 0 atom stereocenters. The first-order valence-corrected chi connectivity index (χ1v) is 7.87. The zero-order valence-electron chi connectivity index (χ0n) is 14.3. The average Bonchev–Trinajstić information content (AvgIpc) is 3.05. The van der Waals surface area contributed by atoms with E-state index in [4.69, 9.17) is 10.3 Å². The molecule has 0 saturated heterocycles. The number of nitrogens with one attached hydrogen (secondary N) is 2. The Balaban J connectivity index is 1.62. The number of nitrogen functional groups attached to an aromatic ring is 1. The van der Waals surface area contributed by atoms with Crippen LogP contribution in [0.5, 0.6) is 0 Å². The second-order valence-electron chi connectivity index (χ2n) is 6.18. The third-order valence-electron chi connectivity index (χ3n) is 3.62. The Kier molecular flexibility index (Phi) is 4.57. The number of urea groups is 1. The summed E-state index contributed by atoms with van der Waals surface area (Å²) < 4.78 is 18.7. The highest BCUT2D eigenvalue weighted by Crippen LogP contribution is 2.26. The summed E-state index contributed by atoms with van der Waals surface area (Å²) in [4.78, 5) is 16.1. The van der Waals surface area contributed by atoms with E-state index in [0.717, 1.165) is 11.1 Å². The molecule has 0 unspecified atom stereocenters. The standard InChI is InChI=1S/C18H18FN5O2/c1-18(2,19)14-9-16(26-24-14)23-17(25)22-13-6-3-11(4-7-13)12-5-8-15(20)21-10-12/h3-10H,1-2H3,(H2,20,21)(H2,22,23,25). The number of halogens is 1. The van der Waals surface area contributed by atoms with Gasteiger partial charge in [-0.2, -0.15) is 0 Å². The van der Waals surface area contributed by atoms with Gasteiger partial charge in [0.2, 0.25) is 5.88 Å². The van der Waals surface area contributed by atoms with Gasteiger partial charge in [-0.25, -0.2) is 14.2 Å². The summed E-state index contributed by atoms with van der Waals surface area (Å²) in [6.07, 6.45) is 1.68. The number of pyridine rings is 1. The number of hydrogen-bond acceptors (Lipinski definition) is 5. The van der Waals surface area contributed by atoms with E-state index in [2.05, 4.69) is 20.8 Å². The van der Waals surface area contributed by atoms with Gasteiger partial charge < -0.3 is 15.6 Å². The topological polar surface area (TPSA) is 106 Å². The molecule has 2 aromatic heterocycles. The molecule has 0 radical (unpaired) electrons. The lowest BCUT2D eigenvalue weighted by Gasteiger charge is -2.08. The molecule has 0 bridgehead atoms. The van der Waals surface area contributed by atoms with Gasteiger partial charge in [0, 0.05) is 23.5 Å². The van der Waals surface area contributed by atoms with Crippen LogP contribution in [0, 0.1) is 0 Å². The fraction of sp³-hybridized carbons (Fsp3) is 0.167. The smallest absolute Gasteiger partial charge is 0.326 e. The van der Waals surface area contributed by atoms with E-state index in [-0.39, 0.29) is 11.6 Å². The van der Waals surface area contributed by atoms with Gasteiger partial charge in [-0.05, 0) is 43.7 Å². The van der Waals surface area contributed by atoms with E-state index >= 15 is 0 Å². The van der Waals surface area contributed by atoms with Crippen molar-refractivity contribution >= 4 is 23.4 Å². The minimum atomic E-state index is -1.65. The molecule has 0 aliphatic carbocycles. The van der Waals surface area contributed by atoms with Crippen molar-refractivity contribution < 1.29 is 13.7 Å². The maximum Gasteiger partial charge on any atom is 0.326 e. The number of carbonyl (C=O) groups excluding carboxylic acids is 1. The van der Waals surface area contributed by atoms with Crippen LogP contribution in [0.3, 0.4) is 0 Å². The van der Waals surface area contributed by atoms with Crippen LogP contribution in [-0.2, 0) is 5.67 Å².